The maximum atomic E-state index is 8.71. The van der Waals surface area contributed by atoms with Gasteiger partial charge in [0.2, 0.25) is 0 Å². The second-order valence-corrected chi connectivity index (χ2v) is 6.71. The lowest BCUT2D eigenvalue weighted by molar-refractivity contribution is 0.184. The Hall–Kier alpha value is 0.0169. The molecule has 1 unspecified atom stereocenters. The zero-order valence-corrected chi connectivity index (χ0v) is 10.1. The lowest BCUT2D eigenvalue weighted by atomic mass is 10.5. The van der Waals surface area contributed by atoms with Gasteiger partial charge in [-0.2, -0.15) is 0 Å². The highest BCUT2D eigenvalue weighted by molar-refractivity contribution is 6.65. The van der Waals surface area contributed by atoms with Crippen LogP contribution >= 0.6 is 0 Å². The van der Waals surface area contributed by atoms with Gasteiger partial charge in [-0.1, -0.05) is 0 Å². The molecule has 0 saturated carbocycles. The van der Waals surface area contributed by atoms with Crippen molar-refractivity contribution < 1.29 is 14.0 Å². The summed E-state index contributed by atoms with van der Waals surface area (Å²) in [5, 5.41) is 11.8. The van der Waals surface area contributed by atoms with Crippen molar-refractivity contribution in [2.75, 3.05) is 33.5 Å². The molecule has 1 atom stereocenters. The molecule has 0 aromatic carbocycles. The predicted molar refractivity (Wildman–Crippen MR) is 58.1 cm³/mol. The first-order chi connectivity index (χ1) is 6.68. The molecule has 6 heteroatoms. The molecule has 14 heavy (non-hydrogen) atoms. The first-order valence-electron chi connectivity index (χ1n) is 4.89. The normalized spacial score (nSPS) is 15.4. The summed E-state index contributed by atoms with van der Waals surface area (Å²) in [7, 11) is -0.398. The van der Waals surface area contributed by atoms with Gasteiger partial charge in [0.05, 0.1) is 6.73 Å². The third-order valence-electron chi connectivity index (χ3n) is 2.02. The van der Waals surface area contributed by atoms with Crippen molar-refractivity contribution in [1.82, 2.24) is 5.32 Å². The Morgan fingerprint density at radius 2 is 2.21 bits per heavy atom. The van der Waals surface area contributed by atoms with Gasteiger partial charge in [-0.15, -0.1) is 0 Å². The highest BCUT2D eigenvalue weighted by atomic mass is 28.4. The third kappa shape index (κ3) is 6.47. The SMILES string of the molecule is CO[Si](C)(CCCO)OCNCCN. The van der Waals surface area contributed by atoms with E-state index < -0.39 is 8.56 Å². The molecule has 0 amide bonds. The Bertz CT molecular complexity index is 140. The molecule has 0 aromatic heterocycles. The Morgan fingerprint density at radius 3 is 2.71 bits per heavy atom. The van der Waals surface area contributed by atoms with Crippen LogP contribution in [0.1, 0.15) is 6.42 Å². The quantitative estimate of drug-likeness (QED) is 0.281. The van der Waals surface area contributed by atoms with Crippen LogP contribution in [-0.2, 0) is 8.85 Å². The highest BCUT2D eigenvalue weighted by Gasteiger charge is 2.29. The number of nitrogens with one attached hydrogen (secondary N) is 1. The molecule has 0 aliphatic carbocycles. The summed E-state index contributed by atoms with van der Waals surface area (Å²) in [4.78, 5) is 0. The third-order valence-corrected chi connectivity index (χ3v) is 4.90. The summed E-state index contributed by atoms with van der Waals surface area (Å²) in [5.74, 6) is 0. The van der Waals surface area contributed by atoms with E-state index in [1.165, 1.54) is 0 Å². The summed E-state index contributed by atoms with van der Waals surface area (Å²) < 4.78 is 11.0. The van der Waals surface area contributed by atoms with E-state index in [-0.39, 0.29) is 6.61 Å². The second-order valence-electron chi connectivity index (χ2n) is 3.24. The molecule has 0 spiro atoms. The Morgan fingerprint density at radius 1 is 1.50 bits per heavy atom. The van der Waals surface area contributed by atoms with Gasteiger partial charge in [0, 0.05) is 26.8 Å². The predicted octanol–water partition coefficient (Wildman–Crippen LogP) is -0.390. The van der Waals surface area contributed by atoms with Crippen LogP contribution in [0.25, 0.3) is 0 Å². The van der Waals surface area contributed by atoms with Crippen LogP contribution in [0.3, 0.4) is 0 Å². The highest BCUT2D eigenvalue weighted by Crippen LogP contribution is 2.13. The molecule has 5 nitrogen and oxygen atoms in total. The number of rotatable bonds is 9. The summed E-state index contributed by atoms with van der Waals surface area (Å²) in [6, 6.07) is 0.810. The van der Waals surface area contributed by atoms with Crippen molar-refractivity contribution in [2.24, 2.45) is 5.73 Å². The molecule has 0 fully saturated rings. The molecule has 0 heterocycles. The second kappa shape index (κ2) is 8.34. The fraction of sp³-hybridized carbons (Fsp3) is 1.00. The van der Waals surface area contributed by atoms with Gasteiger partial charge in [-0.25, -0.2) is 0 Å². The molecule has 0 saturated heterocycles. The molecule has 0 aromatic rings. The smallest absolute Gasteiger partial charge is 0.335 e. The fourth-order valence-electron chi connectivity index (χ4n) is 1.01. The minimum Gasteiger partial charge on any atom is -0.398 e. The van der Waals surface area contributed by atoms with Gasteiger partial charge < -0.3 is 19.7 Å². The standard InChI is InChI=1S/C8H22N2O3Si/c1-12-14(2,7-3-6-11)13-8-10-5-4-9/h10-11H,3-9H2,1-2H3. The monoisotopic (exact) mass is 222 g/mol. The van der Waals surface area contributed by atoms with Crippen LogP contribution in [-0.4, -0.2) is 47.2 Å². The number of nitrogens with two attached hydrogens (primary N) is 1. The van der Waals surface area contributed by atoms with E-state index in [4.69, 9.17) is 19.7 Å². The number of hydrogen-bond acceptors (Lipinski definition) is 5. The average molecular weight is 222 g/mol. The largest absolute Gasteiger partial charge is 0.398 e. The van der Waals surface area contributed by atoms with Crippen LogP contribution in [0.5, 0.6) is 0 Å². The molecule has 0 radical (unpaired) electrons. The lowest BCUT2D eigenvalue weighted by Gasteiger charge is -2.24. The van der Waals surface area contributed by atoms with Crippen LogP contribution in [0.15, 0.2) is 0 Å². The molecule has 0 aliphatic rings. The van der Waals surface area contributed by atoms with Crippen LogP contribution in [0.2, 0.25) is 12.6 Å². The lowest BCUT2D eigenvalue weighted by Crippen LogP contribution is -2.41. The van der Waals surface area contributed by atoms with Crippen molar-refractivity contribution in [3.05, 3.63) is 0 Å². The van der Waals surface area contributed by atoms with Crippen molar-refractivity contribution >= 4 is 8.56 Å². The van der Waals surface area contributed by atoms with Crippen LogP contribution in [0, 0.1) is 0 Å². The van der Waals surface area contributed by atoms with Gasteiger partial charge in [0.15, 0.2) is 0 Å². The minimum atomic E-state index is -2.06. The zero-order valence-electron chi connectivity index (χ0n) is 9.08. The molecule has 0 aliphatic heterocycles. The van der Waals surface area contributed by atoms with Crippen molar-refractivity contribution in [3.8, 4) is 0 Å². The van der Waals surface area contributed by atoms with Gasteiger partial charge in [0.1, 0.15) is 0 Å². The van der Waals surface area contributed by atoms with E-state index >= 15 is 0 Å². The average Bonchev–Trinajstić information content (AvgIpc) is 2.22. The maximum absolute atomic E-state index is 8.71. The molecule has 86 valence electrons. The van der Waals surface area contributed by atoms with Crippen molar-refractivity contribution in [3.63, 3.8) is 0 Å². The Balaban J connectivity index is 3.63. The maximum Gasteiger partial charge on any atom is 0.335 e. The summed E-state index contributed by atoms with van der Waals surface area (Å²) >= 11 is 0. The zero-order chi connectivity index (χ0) is 10.9. The first kappa shape index (κ1) is 14.0. The molecule has 0 rings (SSSR count). The van der Waals surface area contributed by atoms with E-state index in [0.29, 0.717) is 13.3 Å². The van der Waals surface area contributed by atoms with E-state index in [1.54, 1.807) is 7.11 Å². The number of aliphatic hydroxyl groups excluding tert-OH is 1. The van der Waals surface area contributed by atoms with E-state index in [1.807, 2.05) is 6.55 Å². The fourth-order valence-corrected chi connectivity index (χ4v) is 2.69. The summed E-state index contributed by atoms with van der Waals surface area (Å²) in [6.07, 6.45) is 0.730. The van der Waals surface area contributed by atoms with E-state index in [2.05, 4.69) is 5.32 Å². The van der Waals surface area contributed by atoms with Gasteiger partial charge in [-0.3, -0.25) is 5.32 Å². The molecular formula is C8H22N2O3Si. The number of aliphatic hydroxyl groups is 1. The van der Waals surface area contributed by atoms with Crippen molar-refractivity contribution in [1.29, 1.82) is 0 Å². The molecule has 0 bridgehead atoms. The van der Waals surface area contributed by atoms with Crippen LogP contribution in [0.4, 0.5) is 0 Å². The number of hydrogen-bond donors (Lipinski definition) is 3. The first-order valence-corrected chi connectivity index (χ1v) is 7.41. The Labute approximate surface area is 86.8 Å². The van der Waals surface area contributed by atoms with Gasteiger partial charge in [-0.05, 0) is 19.0 Å². The van der Waals surface area contributed by atoms with E-state index in [0.717, 1.165) is 19.0 Å². The van der Waals surface area contributed by atoms with Gasteiger partial charge in [0.25, 0.3) is 0 Å². The molecule has 4 N–H and O–H groups in total. The minimum absolute atomic E-state index is 0.186. The van der Waals surface area contributed by atoms with E-state index in [9.17, 15) is 0 Å². The van der Waals surface area contributed by atoms with Crippen LogP contribution < -0.4 is 11.1 Å². The Kier molecular flexibility index (Phi) is 8.35. The summed E-state index contributed by atoms with van der Waals surface area (Å²) in [5.41, 5.74) is 5.32. The topological polar surface area (TPSA) is 76.7 Å². The molecular weight excluding hydrogens is 200 g/mol. The summed E-state index contributed by atoms with van der Waals surface area (Å²) in [6.45, 7) is 4.00. The van der Waals surface area contributed by atoms with Crippen molar-refractivity contribution in [2.45, 2.75) is 19.0 Å². The van der Waals surface area contributed by atoms with Gasteiger partial charge >= 0.3 is 8.56 Å².